The second kappa shape index (κ2) is 3.61. The first kappa shape index (κ1) is 10.1. The SMILES string of the molecule is CC1(C)OCC(Cc2ccns2)C1O. The van der Waals surface area contributed by atoms with Crippen LogP contribution in [0.25, 0.3) is 0 Å². The van der Waals surface area contributed by atoms with Gasteiger partial charge in [0, 0.05) is 17.0 Å². The van der Waals surface area contributed by atoms with E-state index in [4.69, 9.17) is 4.74 Å². The Labute approximate surface area is 87.9 Å². The maximum absolute atomic E-state index is 9.97. The Morgan fingerprint density at radius 3 is 3.00 bits per heavy atom. The molecule has 4 heteroatoms. The molecule has 0 aliphatic carbocycles. The lowest BCUT2D eigenvalue weighted by Gasteiger charge is -2.23. The quantitative estimate of drug-likeness (QED) is 0.809. The summed E-state index contributed by atoms with van der Waals surface area (Å²) in [5.74, 6) is 0.213. The Morgan fingerprint density at radius 2 is 2.50 bits per heavy atom. The van der Waals surface area contributed by atoms with Gasteiger partial charge in [-0.1, -0.05) is 0 Å². The first-order valence-corrected chi connectivity index (χ1v) is 5.58. The summed E-state index contributed by atoms with van der Waals surface area (Å²) in [6, 6.07) is 2.00. The molecule has 1 aliphatic heterocycles. The zero-order valence-electron chi connectivity index (χ0n) is 8.43. The molecule has 1 N–H and O–H groups in total. The third-order valence-corrected chi connectivity index (χ3v) is 3.55. The van der Waals surface area contributed by atoms with Crippen molar-refractivity contribution in [1.29, 1.82) is 0 Å². The van der Waals surface area contributed by atoms with Crippen LogP contribution in [-0.4, -0.2) is 27.8 Å². The van der Waals surface area contributed by atoms with E-state index in [-0.39, 0.29) is 12.0 Å². The molecule has 2 rings (SSSR count). The topological polar surface area (TPSA) is 42.4 Å². The highest BCUT2D eigenvalue weighted by molar-refractivity contribution is 7.05. The molecule has 1 aromatic rings. The molecule has 1 aliphatic rings. The minimum absolute atomic E-state index is 0.213. The van der Waals surface area contributed by atoms with E-state index >= 15 is 0 Å². The zero-order chi connectivity index (χ0) is 10.2. The van der Waals surface area contributed by atoms with Gasteiger partial charge in [0.2, 0.25) is 0 Å². The van der Waals surface area contributed by atoms with Crippen LogP contribution in [0.4, 0.5) is 0 Å². The molecule has 1 fully saturated rings. The van der Waals surface area contributed by atoms with Crippen molar-refractivity contribution in [2.45, 2.75) is 32.0 Å². The first-order valence-electron chi connectivity index (χ1n) is 4.81. The lowest BCUT2D eigenvalue weighted by Crippen LogP contribution is -2.35. The van der Waals surface area contributed by atoms with Gasteiger partial charge in [-0.15, -0.1) is 0 Å². The van der Waals surface area contributed by atoms with Crippen molar-refractivity contribution in [3.05, 3.63) is 17.1 Å². The number of hydrogen-bond donors (Lipinski definition) is 1. The van der Waals surface area contributed by atoms with E-state index in [2.05, 4.69) is 4.37 Å². The van der Waals surface area contributed by atoms with Gasteiger partial charge in [0.1, 0.15) is 0 Å². The van der Waals surface area contributed by atoms with Crippen LogP contribution in [0.15, 0.2) is 12.3 Å². The monoisotopic (exact) mass is 213 g/mol. The highest BCUT2D eigenvalue weighted by Gasteiger charge is 2.41. The van der Waals surface area contributed by atoms with Crippen molar-refractivity contribution in [3.8, 4) is 0 Å². The fourth-order valence-electron chi connectivity index (χ4n) is 1.84. The van der Waals surface area contributed by atoms with Crippen molar-refractivity contribution in [2.75, 3.05) is 6.61 Å². The molecule has 3 nitrogen and oxygen atoms in total. The second-order valence-corrected chi connectivity index (χ2v) is 5.22. The third kappa shape index (κ3) is 1.82. The molecule has 2 heterocycles. The summed E-state index contributed by atoms with van der Waals surface area (Å²) < 4.78 is 9.59. The van der Waals surface area contributed by atoms with Crippen molar-refractivity contribution in [1.82, 2.24) is 4.37 Å². The maximum atomic E-state index is 9.97. The fraction of sp³-hybridized carbons (Fsp3) is 0.700. The summed E-state index contributed by atoms with van der Waals surface area (Å²) in [7, 11) is 0. The summed E-state index contributed by atoms with van der Waals surface area (Å²) in [4.78, 5) is 1.22. The molecule has 78 valence electrons. The number of nitrogens with zero attached hydrogens (tertiary/aromatic N) is 1. The molecule has 0 saturated carbocycles. The highest BCUT2D eigenvalue weighted by Crippen LogP contribution is 2.32. The Balaban J connectivity index is 2.01. The number of aliphatic hydroxyl groups excluding tert-OH is 1. The molecule has 1 aromatic heterocycles. The van der Waals surface area contributed by atoms with Crippen LogP contribution in [0.2, 0.25) is 0 Å². The summed E-state index contributed by atoms with van der Waals surface area (Å²) in [6.07, 6.45) is 2.30. The Bertz CT molecular complexity index is 297. The molecule has 0 aromatic carbocycles. The summed E-state index contributed by atoms with van der Waals surface area (Å²) >= 11 is 1.50. The van der Waals surface area contributed by atoms with Gasteiger partial charge in [-0.2, -0.15) is 0 Å². The number of aliphatic hydroxyl groups is 1. The van der Waals surface area contributed by atoms with Gasteiger partial charge in [-0.3, -0.25) is 0 Å². The van der Waals surface area contributed by atoms with Crippen molar-refractivity contribution in [3.63, 3.8) is 0 Å². The average Bonchev–Trinajstić information content (AvgIpc) is 2.70. The van der Waals surface area contributed by atoms with E-state index in [1.165, 1.54) is 16.4 Å². The largest absolute Gasteiger partial charge is 0.390 e. The molecule has 1 saturated heterocycles. The van der Waals surface area contributed by atoms with E-state index in [9.17, 15) is 5.11 Å². The fourth-order valence-corrected chi connectivity index (χ4v) is 2.51. The van der Waals surface area contributed by atoms with E-state index in [0.29, 0.717) is 6.61 Å². The Morgan fingerprint density at radius 1 is 1.71 bits per heavy atom. The van der Waals surface area contributed by atoms with Crippen LogP contribution in [0.3, 0.4) is 0 Å². The molecule has 0 radical (unpaired) electrons. The van der Waals surface area contributed by atoms with Crippen molar-refractivity contribution in [2.24, 2.45) is 5.92 Å². The van der Waals surface area contributed by atoms with E-state index in [1.807, 2.05) is 19.9 Å². The van der Waals surface area contributed by atoms with Gasteiger partial charge < -0.3 is 9.84 Å². The predicted molar refractivity (Wildman–Crippen MR) is 55.3 cm³/mol. The van der Waals surface area contributed by atoms with Gasteiger partial charge in [0.05, 0.1) is 18.3 Å². The molecule has 0 bridgehead atoms. The summed E-state index contributed by atoms with van der Waals surface area (Å²) in [5.41, 5.74) is -0.393. The molecular formula is C10H15NO2S. The summed E-state index contributed by atoms with van der Waals surface area (Å²) in [6.45, 7) is 4.51. The number of rotatable bonds is 2. The standard InChI is InChI=1S/C10H15NO2S/c1-10(2)9(12)7(6-13-10)5-8-3-4-11-14-8/h3-4,7,9,12H,5-6H2,1-2H3. The number of aromatic nitrogens is 1. The third-order valence-electron chi connectivity index (χ3n) is 2.78. The van der Waals surface area contributed by atoms with E-state index < -0.39 is 5.60 Å². The zero-order valence-corrected chi connectivity index (χ0v) is 9.25. The molecule has 0 amide bonds. The lowest BCUT2D eigenvalue weighted by molar-refractivity contribution is -0.0311. The minimum Gasteiger partial charge on any atom is -0.390 e. The highest BCUT2D eigenvalue weighted by atomic mass is 32.1. The van der Waals surface area contributed by atoms with Crippen LogP contribution in [0.1, 0.15) is 18.7 Å². The minimum atomic E-state index is -0.393. The molecule has 0 spiro atoms. The van der Waals surface area contributed by atoms with Crippen molar-refractivity contribution < 1.29 is 9.84 Å². The average molecular weight is 213 g/mol. The van der Waals surface area contributed by atoms with Gasteiger partial charge >= 0.3 is 0 Å². The first-order chi connectivity index (χ1) is 6.59. The molecule has 2 atom stereocenters. The van der Waals surface area contributed by atoms with Crippen LogP contribution in [0.5, 0.6) is 0 Å². The lowest BCUT2D eigenvalue weighted by atomic mass is 9.91. The van der Waals surface area contributed by atoms with Crippen LogP contribution < -0.4 is 0 Å². The summed E-state index contributed by atoms with van der Waals surface area (Å²) in [5, 5.41) is 9.97. The van der Waals surface area contributed by atoms with Gasteiger partial charge in [0.25, 0.3) is 0 Å². The van der Waals surface area contributed by atoms with Crippen LogP contribution >= 0.6 is 11.5 Å². The number of hydrogen-bond acceptors (Lipinski definition) is 4. The van der Waals surface area contributed by atoms with E-state index in [0.717, 1.165) is 6.42 Å². The molecule has 2 unspecified atom stereocenters. The smallest absolute Gasteiger partial charge is 0.0888 e. The van der Waals surface area contributed by atoms with Crippen LogP contribution in [0, 0.1) is 5.92 Å². The van der Waals surface area contributed by atoms with Crippen molar-refractivity contribution >= 4 is 11.5 Å². The molecule has 14 heavy (non-hydrogen) atoms. The molecular weight excluding hydrogens is 198 g/mol. The Kier molecular flexibility index (Phi) is 2.60. The van der Waals surface area contributed by atoms with Gasteiger partial charge in [-0.25, -0.2) is 4.37 Å². The van der Waals surface area contributed by atoms with Gasteiger partial charge in [0.15, 0.2) is 0 Å². The maximum Gasteiger partial charge on any atom is 0.0888 e. The predicted octanol–water partition coefficient (Wildman–Crippen LogP) is 1.47. The number of ether oxygens (including phenoxy) is 1. The van der Waals surface area contributed by atoms with E-state index in [1.54, 1.807) is 6.20 Å². The van der Waals surface area contributed by atoms with Gasteiger partial charge in [-0.05, 0) is 37.9 Å². The Hall–Kier alpha value is -0.450. The normalized spacial score (nSPS) is 30.8. The van der Waals surface area contributed by atoms with Crippen LogP contribution in [-0.2, 0) is 11.2 Å². The second-order valence-electron chi connectivity index (χ2n) is 4.30.